The lowest BCUT2D eigenvalue weighted by atomic mass is 10.1. The molecule has 0 atom stereocenters. The first-order chi connectivity index (χ1) is 9.02. The molecule has 0 aromatic heterocycles. The van der Waals surface area contributed by atoms with Crippen molar-refractivity contribution >= 4 is 29.4 Å². The number of hydrogen-bond acceptors (Lipinski definition) is 4. The standard InChI is InChI=1S/C14H12ClNO3/c1-8-12(14(18)19-2)13(17)11(16-8)7-9-3-5-10(15)6-4-9/h3-7,17H,1-2H3. The van der Waals surface area contributed by atoms with Gasteiger partial charge < -0.3 is 9.84 Å². The Balaban J connectivity index is 2.40. The fourth-order valence-corrected chi connectivity index (χ4v) is 1.88. The molecule has 19 heavy (non-hydrogen) atoms. The quantitative estimate of drug-likeness (QED) is 0.845. The zero-order chi connectivity index (χ0) is 14.0. The van der Waals surface area contributed by atoms with Gasteiger partial charge in [0.2, 0.25) is 0 Å². The number of aliphatic hydroxyl groups excluding tert-OH is 1. The van der Waals surface area contributed by atoms with Crippen molar-refractivity contribution in [1.82, 2.24) is 0 Å². The van der Waals surface area contributed by atoms with Crippen molar-refractivity contribution in [2.75, 3.05) is 7.11 Å². The van der Waals surface area contributed by atoms with Crippen LogP contribution in [0, 0.1) is 0 Å². The van der Waals surface area contributed by atoms with Crippen LogP contribution in [-0.4, -0.2) is 23.9 Å². The minimum atomic E-state index is -0.599. The van der Waals surface area contributed by atoms with E-state index < -0.39 is 5.97 Å². The van der Waals surface area contributed by atoms with Gasteiger partial charge in [-0.15, -0.1) is 0 Å². The van der Waals surface area contributed by atoms with Crippen LogP contribution in [0.5, 0.6) is 0 Å². The largest absolute Gasteiger partial charge is 0.505 e. The van der Waals surface area contributed by atoms with E-state index in [-0.39, 0.29) is 11.3 Å². The molecule has 0 fully saturated rings. The van der Waals surface area contributed by atoms with Crippen LogP contribution in [0.15, 0.2) is 46.3 Å². The van der Waals surface area contributed by atoms with Crippen molar-refractivity contribution in [3.63, 3.8) is 0 Å². The van der Waals surface area contributed by atoms with E-state index in [1.54, 1.807) is 37.3 Å². The van der Waals surface area contributed by atoms with Crippen LogP contribution >= 0.6 is 11.6 Å². The van der Waals surface area contributed by atoms with E-state index >= 15 is 0 Å². The summed E-state index contributed by atoms with van der Waals surface area (Å²) in [6, 6.07) is 7.07. The average molecular weight is 278 g/mol. The third-order valence-electron chi connectivity index (χ3n) is 2.69. The van der Waals surface area contributed by atoms with Crippen LogP contribution in [0.3, 0.4) is 0 Å². The highest BCUT2D eigenvalue weighted by molar-refractivity contribution is 6.30. The summed E-state index contributed by atoms with van der Waals surface area (Å²) in [7, 11) is 1.26. The first-order valence-electron chi connectivity index (χ1n) is 5.58. The molecule has 98 valence electrons. The van der Waals surface area contributed by atoms with Crippen molar-refractivity contribution in [3.05, 3.63) is 51.9 Å². The second-order valence-electron chi connectivity index (χ2n) is 3.99. The third kappa shape index (κ3) is 2.69. The van der Waals surface area contributed by atoms with Gasteiger partial charge in [0.15, 0.2) is 5.76 Å². The molecule has 0 bridgehead atoms. The molecule has 2 rings (SSSR count). The molecule has 0 aliphatic carbocycles. The van der Waals surface area contributed by atoms with Crippen LogP contribution in [0.2, 0.25) is 5.02 Å². The van der Waals surface area contributed by atoms with E-state index in [0.29, 0.717) is 16.4 Å². The number of carbonyl (C=O) groups excluding carboxylic acids is 1. The Labute approximate surface area is 115 Å². The Morgan fingerprint density at radius 2 is 2.00 bits per heavy atom. The summed E-state index contributed by atoms with van der Waals surface area (Å²) in [5.74, 6) is -0.766. The highest BCUT2D eigenvalue weighted by Gasteiger charge is 2.27. The molecule has 1 aliphatic rings. The van der Waals surface area contributed by atoms with Gasteiger partial charge in [-0.05, 0) is 30.7 Å². The fourth-order valence-electron chi connectivity index (χ4n) is 1.75. The predicted molar refractivity (Wildman–Crippen MR) is 74.2 cm³/mol. The van der Waals surface area contributed by atoms with Gasteiger partial charge >= 0.3 is 5.97 Å². The summed E-state index contributed by atoms with van der Waals surface area (Å²) in [4.78, 5) is 15.7. The van der Waals surface area contributed by atoms with Crippen molar-refractivity contribution in [1.29, 1.82) is 0 Å². The van der Waals surface area contributed by atoms with Gasteiger partial charge in [-0.1, -0.05) is 23.7 Å². The molecule has 0 saturated heterocycles. The molecule has 5 heteroatoms. The van der Waals surface area contributed by atoms with Crippen molar-refractivity contribution in [2.45, 2.75) is 6.92 Å². The number of benzene rings is 1. The Morgan fingerprint density at radius 3 is 2.58 bits per heavy atom. The smallest absolute Gasteiger partial charge is 0.343 e. The maximum atomic E-state index is 11.5. The van der Waals surface area contributed by atoms with Gasteiger partial charge in [0.05, 0.1) is 12.8 Å². The summed E-state index contributed by atoms with van der Waals surface area (Å²) < 4.78 is 4.61. The number of ether oxygens (including phenoxy) is 1. The lowest BCUT2D eigenvalue weighted by Crippen LogP contribution is -2.11. The number of carbonyl (C=O) groups is 1. The monoisotopic (exact) mass is 277 g/mol. The number of methoxy groups -OCH3 is 1. The van der Waals surface area contributed by atoms with E-state index in [9.17, 15) is 9.90 Å². The van der Waals surface area contributed by atoms with E-state index in [0.717, 1.165) is 5.56 Å². The molecular formula is C14H12ClNO3. The van der Waals surface area contributed by atoms with Crippen LogP contribution in [0.1, 0.15) is 12.5 Å². The highest BCUT2D eigenvalue weighted by Crippen LogP contribution is 2.26. The maximum absolute atomic E-state index is 11.5. The fraction of sp³-hybridized carbons (Fsp3) is 0.143. The summed E-state index contributed by atoms with van der Waals surface area (Å²) >= 11 is 5.80. The highest BCUT2D eigenvalue weighted by atomic mass is 35.5. The Kier molecular flexibility index (Phi) is 3.71. The average Bonchev–Trinajstić information content (AvgIpc) is 2.66. The van der Waals surface area contributed by atoms with Crippen LogP contribution < -0.4 is 0 Å². The molecule has 1 aromatic carbocycles. The maximum Gasteiger partial charge on any atom is 0.343 e. The van der Waals surface area contributed by atoms with Crippen LogP contribution in [-0.2, 0) is 9.53 Å². The van der Waals surface area contributed by atoms with Gasteiger partial charge in [0.25, 0.3) is 0 Å². The molecule has 0 amide bonds. The van der Waals surface area contributed by atoms with Crippen LogP contribution in [0.4, 0.5) is 0 Å². The predicted octanol–water partition coefficient (Wildman–Crippen LogP) is 3.14. The minimum absolute atomic E-state index is 0.0997. The zero-order valence-corrected chi connectivity index (χ0v) is 11.2. The molecule has 1 aliphatic heterocycles. The summed E-state index contributed by atoms with van der Waals surface area (Å²) in [5.41, 5.74) is 1.70. The third-order valence-corrected chi connectivity index (χ3v) is 2.94. The molecule has 1 aromatic rings. The summed E-state index contributed by atoms with van der Waals surface area (Å²) in [6.45, 7) is 1.64. The van der Waals surface area contributed by atoms with Crippen molar-refractivity contribution in [2.24, 2.45) is 4.99 Å². The number of esters is 1. The van der Waals surface area contributed by atoms with E-state index in [1.807, 2.05) is 0 Å². The lowest BCUT2D eigenvalue weighted by Gasteiger charge is -2.00. The number of nitrogens with zero attached hydrogens (tertiary/aromatic N) is 1. The zero-order valence-electron chi connectivity index (χ0n) is 10.5. The van der Waals surface area contributed by atoms with Gasteiger partial charge in [-0.2, -0.15) is 0 Å². The van der Waals surface area contributed by atoms with Gasteiger partial charge in [-0.25, -0.2) is 9.79 Å². The molecule has 0 radical (unpaired) electrons. The van der Waals surface area contributed by atoms with E-state index in [4.69, 9.17) is 11.6 Å². The molecule has 0 spiro atoms. The van der Waals surface area contributed by atoms with E-state index in [1.165, 1.54) is 7.11 Å². The number of halogens is 1. The van der Waals surface area contributed by atoms with Gasteiger partial charge in [-0.3, -0.25) is 0 Å². The summed E-state index contributed by atoms with van der Waals surface area (Å²) in [5, 5.41) is 10.6. The first-order valence-corrected chi connectivity index (χ1v) is 5.95. The first kappa shape index (κ1) is 13.4. The van der Waals surface area contributed by atoms with Crippen molar-refractivity contribution in [3.8, 4) is 0 Å². The molecule has 0 saturated carbocycles. The molecular weight excluding hydrogens is 266 g/mol. The number of aliphatic imine (C=N–C) groups is 1. The topological polar surface area (TPSA) is 58.9 Å². The normalized spacial score (nSPS) is 16.8. The van der Waals surface area contributed by atoms with Gasteiger partial charge in [0, 0.05) is 5.02 Å². The molecule has 1 N–H and O–H groups in total. The van der Waals surface area contributed by atoms with E-state index in [2.05, 4.69) is 9.73 Å². The second kappa shape index (κ2) is 5.28. The lowest BCUT2D eigenvalue weighted by molar-refractivity contribution is -0.135. The Morgan fingerprint density at radius 1 is 1.37 bits per heavy atom. The van der Waals surface area contributed by atoms with Gasteiger partial charge in [0.1, 0.15) is 11.3 Å². The Hall–Kier alpha value is -2.07. The second-order valence-corrected chi connectivity index (χ2v) is 4.43. The SMILES string of the molecule is COC(=O)C1=C(O)C(=Cc2ccc(Cl)cc2)N=C1C. The molecule has 0 unspecified atom stereocenters. The molecule has 1 heterocycles. The van der Waals surface area contributed by atoms with Crippen molar-refractivity contribution < 1.29 is 14.6 Å². The number of rotatable bonds is 2. The number of aliphatic hydroxyl groups is 1. The molecule has 4 nitrogen and oxygen atoms in total. The summed E-state index contributed by atoms with van der Waals surface area (Å²) in [6.07, 6.45) is 1.67. The Bertz CT molecular complexity index is 612. The minimum Gasteiger partial charge on any atom is -0.505 e. The van der Waals surface area contributed by atoms with Crippen LogP contribution in [0.25, 0.3) is 6.08 Å². The number of hydrogen-bond donors (Lipinski definition) is 1.